The highest BCUT2D eigenvalue weighted by Gasteiger charge is 1.95. The van der Waals surface area contributed by atoms with Gasteiger partial charge in [0.25, 0.3) is 0 Å². The van der Waals surface area contributed by atoms with Crippen molar-refractivity contribution < 1.29 is 0 Å². The molecule has 0 aromatic heterocycles. The van der Waals surface area contributed by atoms with Gasteiger partial charge in [-0.2, -0.15) is 0 Å². The predicted molar refractivity (Wildman–Crippen MR) is 62.9 cm³/mol. The summed E-state index contributed by atoms with van der Waals surface area (Å²) < 4.78 is 0. The first-order valence-corrected chi connectivity index (χ1v) is 5.11. The van der Waals surface area contributed by atoms with Crippen LogP contribution in [0.3, 0.4) is 0 Å². The zero-order valence-corrected chi connectivity index (χ0v) is 8.74. The summed E-state index contributed by atoms with van der Waals surface area (Å²) in [4.78, 5) is 1.03. The van der Waals surface area contributed by atoms with Crippen molar-refractivity contribution >= 4 is 12.6 Å². The van der Waals surface area contributed by atoms with E-state index < -0.39 is 0 Å². The second kappa shape index (κ2) is 4.34. The molecule has 0 radical (unpaired) electrons. The van der Waals surface area contributed by atoms with Gasteiger partial charge in [0.1, 0.15) is 0 Å². The average molecular weight is 200 g/mol. The van der Waals surface area contributed by atoms with Crippen molar-refractivity contribution in [3.05, 3.63) is 65.7 Å². The molecule has 0 bridgehead atoms. The minimum absolute atomic E-state index is 0.981. The maximum atomic E-state index is 4.32. The first-order valence-electron chi connectivity index (χ1n) is 4.66. The molecule has 0 heterocycles. The number of thiol groups is 1. The van der Waals surface area contributed by atoms with E-state index in [4.69, 9.17) is 0 Å². The molecule has 14 heavy (non-hydrogen) atoms. The van der Waals surface area contributed by atoms with E-state index in [-0.39, 0.29) is 0 Å². The fourth-order valence-electron chi connectivity index (χ4n) is 1.50. The van der Waals surface area contributed by atoms with Crippen LogP contribution in [0.15, 0.2) is 59.5 Å². The topological polar surface area (TPSA) is 0 Å². The fourth-order valence-corrected chi connectivity index (χ4v) is 1.75. The van der Waals surface area contributed by atoms with Crippen LogP contribution in [0, 0.1) is 0 Å². The van der Waals surface area contributed by atoms with Crippen LogP contribution in [-0.2, 0) is 6.42 Å². The third-order valence-electron chi connectivity index (χ3n) is 2.16. The maximum Gasteiger partial charge on any atom is 0.00428 e. The molecule has 2 rings (SSSR count). The van der Waals surface area contributed by atoms with E-state index in [9.17, 15) is 0 Å². The highest BCUT2D eigenvalue weighted by atomic mass is 32.1. The summed E-state index contributed by atoms with van der Waals surface area (Å²) in [5.74, 6) is 0. The normalized spacial score (nSPS) is 10.1. The van der Waals surface area contributed by atoms with E-state index in [1.165, 1.54) is 11.1 Å². The molecule has 0 N–H and O–H groups in total. The Labute approximate surface area is 90.0 Å². The highest BCUT2D eigenvalue weighted by Crippen LogP contribution is 2.13. The Morgan fingerprint density at radius 1 is 0.786 bits per heavy atom. The number of rotatable bonds is 2. The summed E-state index contributed by atoms with van der Waals surface area (Å²) in [5.41, 5.74) is 2.65. The van der Waals surface area contributed by atoms with Crippen LogP contribution in [0.2, 0.25) is 0 Å². The smallest absolute Gasteiger partial charge is 0.00428 e. The summed E-state index contributed by atoms with van der Waals surface area (Å²) in [6.07, 6.45) is 0.981. The van der Waals surface area contributed by atoms with Crippen molar-refractivity contribution in [2.24, 2.45) is 0 Å². The van der Waals surface area contributed by atoms with Gasteiger partial charge in [0, 0.05) is 4.90 Å². The molecule has 0 aliphatic carbocycles. The molecular formula is C13H12S. The lowest BCUT2D eigenvalue weighted by molar-refractivity contribution is 1.17. The van der Waals surface area contributed by atoms with Crippen molar-refractivity contribution in [3.8, 4) is 0 Å². The van der Waals surface area contributed by atoms with E-state index in [1.807, 2.05) is 18.2 Å². The number of benzene rings is 2. The Morgan fingerprint density at radius 3 is 2.21 bits per heavy atom. The van der Waals surface area contributed by atoms with Gasteiger partial charge in [-0.05, 0) is 29.7 Å². The summed E-state index contributed by atoms with van der Waals surface area (Å²) in [5, 5.41) is 0. The van der Waals surface area contributed by atoms with Crippen molar-refractivity contribution in [2.75, 3.05) is 0 Å². The van der Waals surface area contributed by atoms with Gasteiger partial charge in [-0.3, -0.25) is 0 Å². The molecule has 0 saturated heterocycles. The van der Waals surface area contributed by atoms with Gasteiger partial charge in [-0.15, -0.1) is 12.6 Å². The lowest BCUT2D eigenvalue weighted by Crippen LogP contribution is -1.86. The minimum Gasteiger partial charge on any atom is -0.143 e. The number of hydrogen-bond donors (Lipinski definition) is 1. The van der Waals surface area contributed by atoms with Crippen LogP contribution < -0.4 is 0 Å². The summed E-state index contributed by atoms with van der Waals surface area (Å²) in [6.45, 7) is 0. The van der Waals surface area contributed by atoms with Gasteiger partial charge in [0.05, 0.1) is 0 Å². The van der Waals surface area contributed by atoms with Gasteiger partial charge in [-0.1, -0.05) is 42.5 Å². The van der Waals surface area contributed by atoms with E-state index in [0.717, 1.165) is 11.3 Å². The first kappa shape index (κ1) is 9.35. The van der Waals surface area contributed by atoms with Crippen LogP contribution >= 0.6 is 12.6 Å². The molecule has 0 fully saturated rings. The summed E-state index contributed by atoms with van der Waals surface area (Å²) in [7, 11) is 0. The largest absolute Gasteiger partial charge is 0.143 e. The van der Waals surface area contributed by atoms with Gasteiger partial charge in [0.15, 0.2) is 0 Å². The molecule has 1 heteroatoms. The molecule has 0 aliphatic heterocycles. The van der Waals surface area contributed by atoms with Gasteiger partial charge in [-0.25, -0.2) is 0 Å². The van der Waals surface area contributed by atoms with E-state index in [2.05, 4.69) is 49.0 Å². The summed E-state index contributed by atoms with van der Waals surface area (Å²) in [6, 6.07) is 18.7. The zero-order chi connectivity index (χ0) is 9.80. The lowest BCUT2D eigenvalue weighted by atomic mass is 10.1. The molecule has 0 amide bonds. The van der Waals surface area contributed by atoms with Crippen molar-refractivity contribution in [3.63, 3.8) is 0 Å². The van der Waals surface area contributed by atoms with Crippen LogP contribution in [0.5, 0.6) is 0 Å². The molecule has 2 aromatic rings. The van der Waals surface area contributed by atoms with Crippen LogP contribution in [0.1, 0.15) is 11.1 Å². The Kier molecular flexibility index (Phi) is 2.90. The van der Waals surface area contributed by atoms with Crippen LogP contribution in [-0.4, -0.2) is 0 Å². The third kappa shape index (κ3) is 2.39. The average Bonchev–Trinajstić information content (AvgIpc) is 2.19. The molecule has 2 aromatic carbocycles. The highest BCUT2D eigenvalue weighted by molar-refractivity contribution is 7.80. The molecule has 70 valence electrons. The molecule has 0 saturated carbocycles. The Hall–Kier alpha value is -1.21. The first-order chi connectivity index (χ1) is 6.84. The molecule has 0 nitrogen and oxygen atoms in total. The Bertz CT molecular complexity index is 407. The van der Waals surface area contributed by atoms with Crippen LogP contribution in [0.4, 0.5) is 0 Å². The molecule has 0 atom stereocenters. The maximum absolute atomic E-state index is 4.32. The van der Waals surface area contributed by atoms with E-state index in [1.54, 1.807) is 0 Å². The SMILES string of the molecule is Sc1cccc(Cc2ccccc2)c1. The zero-order valence-electron chi connectivity index (χ0n) is 7.85. The van der Waals surface area contributed by atoms with Gasteiger partial charge in [0.2, 0.25) is 0 Å². The Balaban J connectivity index is 2.19. The van der Waals surface area contributed by atoms with Crippen molar-refractivity contribution in [1.29, 1.82) is 0 Å². The monoisotopic (exact) mass is 200 g/mol. The molecular weight excluding hydrogens is 188 g/mol. The predicted octanol–water partition coefficient (Wildman–Crippen LogP) is 3.57. The van der Waals surface area contributed by atoms with Gasteiger partial charge >= 0.3 is 0 Å². The second-order valence-corrected chi connectivity index (χ2v) is 3.85. The quantitative estimate of drug-likeness (QED) is 0.704. The van der Waals surface area contributed by atoms with Crippen molar-refractivity contribution in [1.82, 2.24) is 0 Å². The fraction of sp³-hybridized carbons (Fsp3) is 0.0769. The van der Waals surface area contributed by atoms with Crippen molar-refractivity contribution in [2.45, 2.75) is 11.3 Å². The lowest BCUT2D eigenvalue weighted by Gasteiger charge is -2.01. The minimum atomic E-state index is 0.981. The summed E-state index contributed by atoms with van der Waals surface area (Å²) >= 11 is 4.32. The van der Waals surface area contributed by atoms with E-state index in [0.29, 0.717) is 0 Å². The van der Waals surface area contributed by atoms with E-state index >= 15 is 0 Å². The Morgan fingerprint density at radius 2 is 1.50 bits per heavy atom. The molecule has 0 spiro atoms. The second-order valence-electron chi connectivity index (χ2n) is 3.33. The number of hydrogen-bond acceptors (Lipinski definition) is 1. The van der Waals surface area contributed by atoms with Crippen LogP contribution in [0.25, 0.3) is 0 Å². The standard InChI is InChI=1S/C13H12S/c14-13-8-4-7-12(10-13)9-11-5-2-1-3-6-11/h1-8,10,14H,9H2. The van der Waals surface area contributed by atoms with Gasteiger partial charge < -0.3 is 0 Å². The molecule has 0 unspecified atom stereocenters. The third-order valence-corrected chi connectivity index (χ3v) is 2.44. The molecule has 0 aliphatic rings.